The summed E-state index contributed by atoms with van der Waals surface area (Å²) in [7, 11) is 0. The van der Waals surface area contributed by atoms with Gasteiger partial charge in [-0.2, -0.15) is 0 Å². The van der Waals surface area contributed by atoms with Crippen molar-refractivity contribution < 1.29 is 18.7 Å². The summed E-state index contributed by atoms with van der Waals surface area (Å²) in [5.74, 6) is 0.753. The summed E-state index contributed by atoms with van der Waals surface area (Å²) in [6, 6.07) is 5.22. The van der Waals surface area contributed by atoms with Crippen LogP contribution in [0.4, 0.5) is 4.39 Å². The lowest BCUT2D eigenvalue weighted by molar-refractivity contribution is -0.136. The van der Waals surface area contributed by atoms with Crippen molar-refractivity contribution in [2.24, 2.45) is 11.3 Å². The molecule has 0 aromatic heterocycles. The number of rotatable bonds is 11. The first-order chi connectivity index (χ1) is 14.7. The molecule has 3 rings (SSSR count). The first-order valence-corrected chi connectivity index (χ1v) is 12.3. The number of ether oxygens (including phenoxy) is 1. The van der Waals surface area contributed by atoms with Gasteiger partial charge in [0.25, 0.3) is 0 Å². The number of imide groups is 1. The topological polar surface area (TPSA) is 67.4 Å². The molecule has 1 aliphatic carbocycles. The summed E-state index contributed by atoms with van der Waals surface area (Å²) in [5.41, 5.74) is 0.986. The predicted octanol–water partition coefficient (Wildman–Crippen LogP) is 5.09. The number of piperidine rings is 1. The Bertz CT molecular complexity index is 790. The van der Waals surface area contributed by atoms with Crippen molar-refractivity contribution in [3.8, 4) is 5.75 Å². The maximum absolute atomic E-state index is 14.2. The normalized spacial score (nSPS) is 20.5. The molecule has 172 valence electrons. The van der Waals surface area contributed by atoms with E-state index in [9.17, 15) is 14.0 Å². The van der Waals surface area contributed by atoms with Crippen LogP contribution in [0, 0.1) is 17.2 Å². The molecule has 1 saturated heterocycles. The van der Waals surface area contributed by atoms with E-state index in [1.165, 1.54) is 6.07 Å². The Morgan fingerprint density at radius 3 is 2.68 bits per heavy atom. The summed E-state index contributed by atoms with van der Waals surface area (Å²) >= 11 is 1.72. The summed E-state index contributed by atoms with van der Waals surface area (Å²) in [6.45, 7) is 6.68. The van der Waals surface area contributed by atoms with E-state index >= 15 is 0 Å². The molecule has 0 spiro atoms. The Morgan fingerprint density at radius 2 is 2.00 bits per heavy atom. The number of nitrogens with one attached hydrogen (secondary N) is 2. The standard InChI is InChI=1S/C24H35FN2O3S/c1-23(2,3)16-30-20-15-18(9-10-19(20)25)24(12-13-24)27-31-14-6-4-5-7-17-8-11-21(28)26-22(17)29/h9-10,15,17,27H,4-8,11-14,16H2,1-3H3,(H,26,28,29). The van der Waals surface area contributed by atoms with E-state index in [2.05, 4.69) is 30.8 Å². The highest BCUT2D eigenvalue weighted by Gasteiger charge is 2.44. The van der Waals surface area contributed by atoms with Crippen LogP contribution in [-0.2, 0) is 15.1 Å². The molecule has 2 fully saturated rings. The number of benzene rings is 1. The van der Waals surface area contributed by atoms with Crippen molar-refractivity contribution in [3.05, 3.63) is 29.6 Å². The monoisotopic (exact) mass is 450 g/mol. The van der Waals surface area contributed by atoms with Crippen LogP contribution >= 0.6 is 11.9 Å². The van der Waals surface area contributed by atoms with Gasteiger partial charge in [-0.05, 0) is 55.2 Å². The van der Waals surface area contributed by atoms with Crippen LogP contribution in [0.3, 0.4) is 0 Å². The molecule has 2 amide bonds. The molecule has 1 heterocycles. The molecule has 1 unspecified atom stereocenters. The van der Waals surface area contributed by atoms with E-state index in [1.807, 2.05) is 12.1 Å². The van der Waals surface area contributed by atoms with E-state index in [-0.39, 0.29) is 34.5 Å². The molecule has 5 nitrogen and oxygen atoms in total. The highest BCUT2D eigenvalue weighted by atomic mass is 32.2. The van der Waals surface area contributed by atoms with Gasteiger partial charge in [0.15, 0.2) is 11.6 Å². The number of amides is 2. The summed E-state index contributed by atoms with van der Waals surface area (Å²) < 4.78 is 23.5. The second-order valence-corrected chi connectivity index (χ2v) is 10.9. The number of carbonyl (C=O) groups excluding carboxylic acids is 2. The van der Waals surface area contributed by atoms with Gasteiger partial charge in [0.2, 0.25) is 11.8 Å². The summed E-state index contributed by atoms with van der Waals surface area (Å²) in [6.07, 6.45) is 7.23. The Balaban J connectivity index is 1.37. The average molecular weight is 451 g/mol. The summed E-state index contributed by atoms with van der Waals surface area (Å²) in [4.78, 5) is 23.0. The van der Waals surface area contributed by atoms with Gasteiger partial charge in [-0.3, -0.25) is 19.6 Å². The molecule has 1 saturated carbocycles. The fourth-order valence-corrected chi connectivity index (χ4v) is 4.77. The highest BCUT2D eigenvalue weighted by molar-refractivity contribution is 7.97. The SMILES string of the molecule is CC(C)(C)COc1cc(C2(NSCCCCCC3CCC(=O)NC3=O)CC2)ccc1F. The Labute approximate surface area is 189 Å². The molecular formula is C24H35FN2O3S. The number of hydrogen-bond acceptors (Lipinski definition) is 5. The number of unbranched alkanes of at least 4 members (excludes halogenated alkanes) is 2. The smallest absolute Gasteiger partial charge is 0.229 e. The molecule has 1 aromatic rings. The third-order valence-electron chi connectivity index (χ3n) is 5.81. The Kier molecular flexibility index (Phi) is 8.03. The van der Waals surface area contributed by atoms with Gasteiger partial charge < -0.3 is 4.74 Å². The maximum atomic E-state index is 14.2. The molecule has 2 aliphatic rings. The quantitative estimate of drug-likeness (QED) is 0.279. The van der Waals surface area contributed by atoms with Crippen LogP contribution in [0.2, 0.25) is 0 Å². The second-order valence-electron chi connectivity index (χ2n) is 10.0. The van der Waals surface area contributed by atoms with Gasteiger partial charge in [0, 0.05) is 18.1 Å². The van der Waals surface area contributed by atoms with Crippen molar-refractivity contribution in [3.63, 3.8) is 0 Å². The minimum Gasteiger partial charge on any atom is -0.490 e. The Morgan fingerprint density at radius 1 is 1.23 bits per heavy atom. The molecule has 1 aliphatic heterocycles. The fraction of sp³-hybridized carbons (Fsp3) is 0.667. The third-order valence-corrected chi connectivity index (χ3v) is 6.84. The lowest BCUT2D eigenvalue weighted by Gasteiger charge is -2.21. The largest absolute Gasteiger partial charge is 0.490 e. The maximum Gasteiger partial charge on any atom is 0.229 e. The van der Waals surface area contributed by atoms with Crippen LogP contribution < -0.4 is 14.8 Å². The number of carbonyl (C=O) groups is 2. The predicted molar refractivity (Wildman–Crippen MR) is 122 cm³/mol. The first kappa shape index (κ1) is 24.1. The van der Waals surface area contributed by atoms with Gasteiger partial charge in [-0.15, -0.1) is 0 Å². The lowest BCUT2D eigenvalue weighted by atomic mass is 9.92. The lowest BCUT2D eigenvalue weighted by Crippen LogP contribution is -2.40. The highest BCUT2D eigenvalue weighted by Crippen LogP contribution is 2.48. The van der Waals surface area contributed by atoms with Gasteiger partial charge >= 0.3 is 0 Å². The Hall–Kier alpha value is -1.60. The van der Waals surface area contributed by atoms with Crippen molar-refractivity contribution in [1.29, 1.82) is 0 Å². The van der Waals surface area contributed by atoms with E-state index < -0.39 is 0 Å². The average Bonchev–Trinajstić information content (AvgIpc) is 3.48. The van der Waals surface area contributed by atoms with E-state index in [0.717, 1.165) is 49.8 Å². The van der Waals surface area contributed by atoms with Crippen LogP contribution in [0.25, 0.3) is 0 Å². The molecule has 1 aromatic carbocycles. The van der Waals surface area contributed by atoms with Gasteiger partial charge in [0.1, 0.15) is 0 Å². The van der Waals surface area contributed by atoms with Crippen LogP contribution in [0.15, 0.2) is 18.2 Å². The summed E-state index contributed by atoms with van der Waals surface area (Å²) in [5, 5.41) is 2.43. The number of halogens is 1. The van der Waals surface area contributed by atoms with E-state index in [1.54, 1.807) is 11.9 Å². The van der Waals surface area contributed by atoms with Crippen LogP contribution in [0.5, 0.6) is 5.75 Å². The molecule has 31 heavy (non-hydrogen) atoms. The molecule has 0 bridgehead atoms. The van der Waals surface area contributed by atoms with Crippen LogP contribution in [0.1, 0.15) is 77.7 Å². The zero-order valence-corrected chi connectivity index (χ0v) is 19.7. The van der Waals surface area contributed by atoms with Gasteiger partial charge in [-0.25, -0.2) is 4.39 Å². The second kappa shape index (κ2) is 10.3. The molecule has 2 N–H and O–H groups in total. The van der Waals surface area contributed by atoms with Crippen molar-refractivity contribution in [1.82, 2.24) is 10.0 Å². The zero-order chi connectivity index (χ0) is 22.5. The van der Waals surface area contributed by atoms with Gasteiger partial charge in [-0.1, -0.05) is 51.6 Å². The van der Waals surface area contributed by atoms with E-state index in [0.29, 0.717) is 25.2 Å². The fourth-order valence-electron chi connectivity index (χ4n) is 3.73. The van der Waals surface area contributed by atoms with E-state index in [4.69, 9.17) is 4.74 Å². The molecule has 0 radical (unpaired) electrons. The molecular weight excluding hydrogens is 415 g/mol. The minimum atomic E-state index is -0.313. The van der Waals surface area contributed by atoms with Crippen molar-refractivity contribution in [2.45, 2.75) is 77.7 Å². The zero-order valence-electron chi connectivity index (χ0n) is 18.9. The van der Waals surface area contributed by atoms with Gasteiger partial charge in [0.05, 0.1) is 12.1 Å². The number of hydrogen-bond donors (Lipinski definition) is 2. The van der Waals surface area contributed by atoms with Crippen molar-refractivity contribution in [2.75, 3.05) is 12.4 Å². The van der Waals surface area contributed by atoms with Crippen molar-refractivity contribution >= 4 is 23.8 Å². The molecule has 7 heteroatoms. The minimum absolute atomic E-state index is 0.00798. The third kappa shape index (κ3) is 7.21. The molecule has 1 atom stereocenters. The van der Waals surface area contributed by atoms with Crippen LogP contribution in [-0.4, -0.2) is 24.2 Å². The first-order valence-electron chi connectivity index (χ1n) is 11.3.